The number of H-pyrrole nitrogens is 1. The minimum atomic E-state index is -0.440. The number of hydrogen-bond donors (Lipinski definition) is 2. The Labute approximate surface area is 62.1 Å². The van der Waals surface area contributed by atoms with Crippen LogP contribution in [0.1, 0.15) is 5.69 Å². The highest BCUT2D eigenvalue weighted by Gasteiger charge is 1.93. The van der Waals surface area contributed by atoms with Gasteiger partial charge in [-0.1, -0.05) is 12.2 Å². The van der Waals surface area contributed by atoms with Gasteiger partial charge in [-0.25, -0.2) is 9.78 Å². The van der Waals surface area contributed by atoms with Crippen molar-refractivity contribution in [2.24, 2.45) is 5.73 Å². The van der Waals surface area contributed by atoms with Crippen LogP contribution in [0.15, 0.2) is 17.1 Å². The average Bonchev–Trinajstić information content (AvgIpc) is 1.88. The summed E-state index contributed by atoms with van der Waals surface area (Å²) in [7, 11) is 0. The normalized spacial score (nSPS) is 9.20. The van der Waals surface area contributed by atoms with E-state index in [9.17, 15) is 4.79 Å². The third-order valence-electron chi connectivity index (χ3n) is 0.940. The quantitative estimate of drug-likeness (QED) is 0.531. The molecule has 0 aromatic carbocycles. The highest BCUT2D eigenvalue weighted by atomic mass is 32.1. The zero-order valence-electron chi connectivity index (χ0n) is 5.00. The summed E-state index contributed by atoms with van der Waals surface area (Å²) in [5.74, 6) is 0. The van der Waals surface area contributed by atoms with Gasteiger partial charge in [0.05, 0.1) is 5.69 Å². The number of aromatic nitrogens is 2. The Hall–Kier alpha value is -1.23. The van der Waals surface area contributed by atoms with Crippen LogP contribution in [0.5, 0.6) is 0 Å². The van der Waals surface area contributed by atoms with Gasteiger partial charge in [-0.2, -0.15) is 0 Å². The van der Waals surface area contributed by atoms with Gasteiger partial charge in [0.15, 0.2) is 0 Å². The summed E-state index contributed by atoms with van der Waals surface area (Å²) in [6, 6.07) is 1.55. The smallest absolute Gasteiger partial charge is 0.345 e. The molecule has 0 radical (unpaired) electrons. The highest BCUT2D eigenvalue weighted by Crippen LogP contribution is 1.85. The maximum absolute atomic E-state index is 10.5. The van der Waals surface area contributed by atoms with Crippen molar-refractivity contribution in [1.82, 2.24) is 9.97 Å². The van der Waals surface area contributed by atoms with E-state index in [2.05, 4.69) is 22.2 Å². The van der Waals surface area contributed by atoms with Crippen LogP contribution in [0.2, 0.25) is 0 Å². The molecule has 0 bridgehead atoms. The molecular weight excluding hydrogens is 150 g/mol. The third-order valence-corrected chi connectivity index (χ3v) is 1.16. The van der Waals surface area contributed by atoms with Crippen molar-refractivity contribution in [2.75, 3.05) is 0 Å². The average molecular weight is 155 g/mol. The van der Waals surface area contributed by atoms with E-state index < -0.39 is 5.69 Å². The fourth-order valence-corrected chi connectivity index (χ4v) is 0.631. The minimum Gasteiger partial charge on any atom is -0.388 e. The molecule has 0 fully saturated rings. The van der Waals surface area contributed by atoms with Crippen LogP contribution in [-0.2, 0) is 0 Å². The van der Waals surface area contributed by atoms with Crippen molar-refractivity contribution in [3.8, 4) is 0 Å². The second kappa shape index (κ2) is 2.57. The lowest BCUT2D eigenvalue weighted by Gasteiger charge is -1.92. The first-order valence-electron chi connectivity index (χ1n) is 2.55. The fourth-order valence-electron chi connectivity index (χ4n) is 0.512. The third kappa shape index (κ3) is 1.38. The van der Waals surface area contributed by atoms with E-state index in [4.69, 9.17) is 5.73 Å². The van der Waals surface area contributed by atoms with E-state index in [1.165, 1.54) is 6.20 Å². The van der Waals surface area contributed by atoms with Gasteiger partial charge < -0.3 is 10.7 Å². The molecule has 1 aromatic heterocycles. The van der Waals surface area contributed by atoms with Crippen LogP contribution in [0, 0.1) is 0 Å². The molecule has 0 aliphatic carbocycles. The maximum atomic E-state index is 10.5. The molecule has 1 heterocycles. The van der Waals surface area contributed by atoms with Gasteiger partial charge in [0.1, 0.15) is 4.99 Å². The molecule has 52 valence electrons. The molecule has 4 nitrogen and oxygen atoms in total. The standard InChI is InChI=1S/C5H5N3OS/c6-4(10)3-1-2-7-5(9)8-3/h1-2H,(H2,6,10)(H,7,8,9). The summed E-state index contributed by atoms with van der Waals surface area (Å²) in [6.07, 6.45) is 1.35. The number of rotatable bonds is 1. The van der Waals surface area contributed by atoms with Crippen molar-refractivity contribution >= 4 is 17.2 Å². The molecule has 0 atom stereocenters. The molecule has 0 amide bonds. The number of nitrogens with one attached hydrogen (secondary N) is 1. The molecule has 5 heteroatoms. The van der Waals surface area contributed by atoms with E-state index in [0.29, 0.717) is 5.69 Å². The molecule has 10 heavy (non-hydrogen) atoms. The van der Waals surface area contributed by atoms with Gasteiger partial charge in [0.25, 0.3) is 0 Å². The molecule has 0 aliphatic heterocycles. The first-order valence-corrected chi connectivity index (χ1v) is 2.96. The second-order valence-corrected chi connectivity index (χ2v) is 2.09. The Morgan fingerprint density at radius 1 is 1.80 bits per heavy atom. The fraction of sp³-hybridized carbons (Fsp3) is 0. The molecule has 0 saturated carbocycles. The summed E-state index contributed by atoms with van der Waals surface area (Å²) in [5, 5.41) is 0. The van der Waals surface area contributed by atoms with E-state index >= 15 is 0 Å². The van der Waals surface area contributed by atoms with Crippen LogP contribution < -0.4 is 11.4 Å². The van der Waals surface area contributed by atoms with Crippen molar-refractivity contribution in [3.63, 3.8) is 0 Å². The van der Waals surface area contributed by atoms with Gasteiger partial charge in [0.2, 0.25) is 0 Å². The molecule has 0 spiro atoms. The summed E-state index contributed by atoms with van der Waals surface area (Å²) in [4.78, 5) is 16.4. The molecule has 0 aliphatic rings. The van der Waals surface area contributed by atoms with Crippen molar-refractivity contribution in [3.05, 3.63) is 28.4 Å². The van der Waals surface area contributed by atoms with Crippen molar-refractivity contribution in [2.45, 2.75) is 0 Å². The van der Waals surface area contributed by atoms with Crippen molar-refractivity contribution < 1.29 is 0 Å². The van der Waals surface area contributed by atoms with Gasteiger partial charge in [0, 0.05) is 6.20 Å². The first kappa shape index (κ1) is 6.88. The van der Waals surface area contributed by atoms with Crippen molar-refractivity contribution in [1.29, 1.82) is 0 Å². The molecule has 1 aromatic rings. The lowest BCUT2D eigenvalue weighted by atomic mass is 10.4. The molecule has 1 rings (SSSR count). The second-order valence-electron chi connectivity index (χ2n) is 1.65. The largest absolute Gasteiger partial charge is 0.388 e. The Kier molecular flexibility index (Phi) is 1.77. The number of aromatic amines is 1. The number of nitrogens with zero attached hydrogens (tertiary/aromatic N) is 1. The van der Waals surface area contributed by atoms with Gasteiger partial charge in [-0.3, -0.25) is 0 Å². The highest BCUT2D eigenvalue weighted by molar-refractivity contribution is 7.80. The summed E-state index contributed by atoms with van der Waals surface area (Å²) in [6.45, 7) is 0. The predicted molar refractivity (Wildman–Crippen MR) is 40.7 cm³/mol. The van der Waals surface area contributed by atoms with Crippen LogP contribution in [0.4, 0.5) is 0 Å². The minimum absolute atomic E-state index is 0.166. The lowest BCUT2D eigenvalue weighted by Crippen LogP contribution is -2.18. The maximum Gasteiger partial charge on any atom is 0.345 e. The SMILES string of the molecule is NC(=S)c1ccnc(=O)[nH]1. The molecule has 0 saturated heterocycles. The Balaban J connectivity index is 3.20. The van der Waals surface area contributed by atoms with Gasteiger partial charge in [-0.15, -0.1) is 0 Å². The Morgan fingerprint density at radius 3 is 2.90 bits per heavy atom. The number of nitrogens with two attached hydrogens (primary N) is 1. The Bertz CT molecular complexity index is 306. The lowest BCUT2D eigenvalue weighted by molar-refractivity contribution is 1.06. The molecule has 3 N–H and O–H groups in total. The first-order chi connectivity index (χ1) is 4.70. The zero-order chi connectivity index (χ0) is 7.56. The van der Waals surface area contributed by atoms with E-state index in [0.717, 1.165) is 0 Å². The zero-order valence-corrected chi connectivity index (χ0v) is 5.81. The topological polar surface area (TPSA) is 71.8 Å². The molecule has 0 unspecified atom stereocenters. The predicted octanol–water partition coefficient (Wildman–Crippen LogP) is -0.596. The Morgan fingerprint density at radius 2 is 2.50 bits per heavy atom. The number of thiocarbonyl (C=S) groups is 1. The van der Waals surface area contributed by atoms with Crippen LogP contribution in [0.3, 0.4) is 0 Å². The van der Waals surface area contributed by atoms with Crippen LogP contribution >= 0.6 is 12.2 Å². The van der Waals surface area contributed by atoms with E-state index in [-0.39, 0.29) is 4.99 Å². The summed E-state index contributed by atoms with van der Waals surface area (Å²) in [5.41, 5.74) is 5.22. The van der Waals surface area contributed by atoms with Crippen LogP contribution in [-0.4, -0.2) is 15.0 Å². The van der Waals surface area contributed by atoms with Crippen LogP contribution in [0.25, 0.3) is 0 Å². The van der Waals surface area contributed by atoms with E-state index in [1.54, 1.807) is 6.07 Å². The molecular formula is C5H5N3OS. The van der Waals surface area contributed by atoms with Gasteiger partial charge in [-0.05, 0) is 6.07 Å². The summed E-state index contributed by atoms with van der Waals surface area (Å²) < 4.78 is 0. The number of hydrogen-bond acceptors (Lipinski definition) is 3. The van der Waals surface area contributed by atoms with Gasteiger partial charge >= 0.3 is 5.69 Å². The van der Waals surface area contributed by atoms with E-state index in [1.807, 2.05) is 0 Å². The monoisotopic (exact) mass is 155 g/mol. The summed E-state index contributed by atoms with van der Waals surface area (Å²) >= 11 is 4.60.